The van der Waals surface area contributed by atoms with Gasteiger partial charge in [-0.25, -0.2) is 0 Å². The fraction of sp³-hybridized carbons (Fsp3) is 0.959. The van der Waals surface area contributed by atoms with Crippen molar-refractivity contribution in [3.05, 3.63) is 0 Å². The predicted octanol–water partition coefficient (Wildman–Crippen LogP) is 14.4. The molecule has 0 aliphatic rings. The van der Waals surface area contributed by atoms with Gasteiger partial charge in [-0.3, -0.25) is 9.59 Å². The van der Waals surface area contributed by atoms with E-state index in [9.17, 15) is 19.8 Å². The van der Waals surface area contributed by atoms with Crippen molar-refractivity contribution in [1.29, 1.82) is 0 Å². The lowest BCUT2D eigenvalue weighted by Crippen LogP contribution is -2.45. The van der Waals surface area contributed by atoms with Crippen LogP contribution in [0.1, 0.15) is 277 Å². The smallest absolute Gasteiger partial charge is 0.305 e. The number of unbranched alkanes of at least 4 members (excludes halogenated alkanes) is 35. The Hall–Kier alpha value is -1.14. The standard InChI is InChI=1S/C49H97NO5/c1-3-5-7-9-11-13-15-19-23-27-31-35-39-43-49(54)55-44-40-36-32-28-24-21-18-16-17-20-22-26-30-34-38-42-48(53)50-46(45-51)47(52)41-37-33-29-25-14-12-10-8-6-4-2/h46-47,51-52H,3-45H2,1-2H3,(H,50,53). The monoisotopic (exact) mass is 780 g/mol. The molecule has 0 aliphatic carbocycles. The van der Waals surface area contributed by atoms with Gasteiger partial charge in [0.25, 0.3) is 0 Å². The quantitative estimate of drug-likeness (QED) is 0.0422. The zero-order valence-corrected chi connectivity index (χ0v) is 37.2. The Labute approximate surface area is 343 Å². The number of hydrogen-bond acceptors (Lipinski definition) is 5. The Balaban J connectivity index is 3.40. The van der Waals surface area contributed by atoms with E-state index in [0.29, 0.717) is 25.9 Å². The van der Waals surface area contributed by atoms with Crippen LogP contribution in [-0.4, -0.2) is 47.4 Å². The molecule has 0 radical (unpaired) electrons. The number of carbonyl (C=O) groups excluding carboxylic acids is 2. The lowest BCUT2D eigenvalue weighted by atomic mass is 10.0. The molecule has 3 N–H and O–H groups in total. The molecule has 328 valence electrons. The van der Waals surface area contributed by atoms with Crippen molar-refractivity contribution in [2.75, 3.05) is 13.2 Å². The van der Waals surface area contributed by atoms with E-state index < -0.39 is 12.1 Å². The van der Waals surface area contributed by atoms with Crippen molar-refractivity contribution in [3.63, 3.8) is 0 Å². The molecule has 6 nitrogen and oxygen atoms in total. The summed E-state index contributed by atoms with van der Waals surface area (Å²) in [6.45, 7) is 4.93. The Bertz CT molecular complexity index is 776. The van der Waals surface area contributed by atoms with E-state index >= 15 is 0 Å². The minimum atomic E-state index is -0.666. The van der Waals surface area contributed by atoms with Gasteiger partial charge >= 0.3 is 5.97 Å². The molecule has 0 fully saturated rings. The number of hydrogen-bond donors (Lipinski definition) is 3. The van der Waals surface area contributed by atoms with Crippen LogP contribution in [0.15, 0.2) is 0 Å². The Morgan fingerprint density at radius 3 is 1.11 bits per heavy atom. The van der Waals surface area contributed by atoms with Crippen molar-refractivity contribution in [3.8, 4) is 0 Å². The highest BCUT2D eigenvalue weighted by Crippen LogP contribution is 2.17. The molecule has 0 saturated heterocycles. The first-order valence-corrected chi connectivity index (χ1v) is 24.8. The van der Waals surface area contributed by atoms with Crippen molar-refractivity contribution >= 4 is 11.9 Å². The van der Waals surface area contributed by atoms with Crippen LogP contribution in [0, 0.1) is 0 Å². The molecule has 0 aromatic carbocycles. The van der Waals surface area contributed by atoms with Gasteiger partial charge in [0.05, 0.1) is 25.4 Å². The Morgan fingerprint density at radius 2 is 0.745 bits per heavy atom. The largest absolute Gasteiger partial charge is 0.466 e. The minimum Gasteiger partial charge on any atom is -0.466 e. The molecule has 0 heterocycles. The zero-order valence-electron chi connectivity index (χ0n) is 37.2. The third kappa shape index (κ3) is 42.3. The minimum absolute atomic E-state index is 0.00231. The van der Waals surface area contributed by atoms with Crippen LogP contribution in [0.2, 0.25) is 0 Å². The normalized spacial score (nSPS) is 12.6. The van der Waals surface area contributed by atoms with Crippen LogP contribution < -0.4 is 5.32 Å². The lowest BCUT2D eigenvalue weighted by Gasteiger charge is -2.22. The van der Waals surface area contributed by atoms with Gasteiger partial charge in [-0.15, -0.1) is 0 Å². The molecule has 0 aliphatic heterocycles. The van der Waals surface area contributed by atoms with Crippen LogP contribution in [0.25, 0.3) is 0 Å². The summed E-state index contributed by atoms with van der Waals surface area (Å²) in [6, 6.07) is -0.544. The number of amides is 1. The molecule has 2 atom stereocenters. The van der Waals surface area contributed by atoms with E-state index in [-0.39, 0.29) is 18.5 Å². The average Bonchev–Trinajstić information content (AvgIpc) is 3.18. The molecule has 0 saturated carbocycles. The van der Waals surface area contributed by atoms with Crippen molar-refractivity contribution in [2.24, 2.45) is 0 Å². The molecular weight excluding hydrogens is 683 g/mol. The maximum atomic E-state index is 12.4. The summed E-state index contributed by atoms with van der Waals surface area (Å²) in [5, 5.41) is 23.1. The van der Waals surface area contributed by atoms with Crippen molar-refractivity contribution in [1.82, 2.24) is 5.32 Å². The van der Waals surface area contributed by atoms with Gasteiger partial charge in [-0.2, -0.15) is 0 Å². The van der Waals surface area contributed by atoms with E-state index in [2.05, 4.69) is 19.2 Å². The maximum absolute atomic E-state index is 12.4. The maximum Gasteiger partial charge on any atom is 0.305 e. The number of ether oxygens (including phenoxy) is 1. The second kappa shape index (κ2) is 45.6. The highest BCUT2D eigenvalue weighted by molar-refractivity contribution is 5.76. The van der Waals surface area contributed by atoms with Crippen LogP contribution in [0.4, 0.5) is 0 Å². The molecule has 6 heteroatoms. The summed E-state index contributed by atoms with van der Waals surface area (Å²) in [4.78, 5) is 24.4. The fourth-order valence-electron chi connectivity index (χ4n) is 7.82. The zero-order chi connectivity index (χ0) is 40.1. The summed E-state index contributed by atoms with van der Waals surface area (Å²) in [5.74, 6) is -0.0419. The number of carbonyl (C=O) groups is 2. The number of esters is 1. The van der Waals surface area contributed by atoms with Gasteiger partial charge in [0.2, 0.25) is 5.91 Å². The van der Waals surface area contributed by atoms with E-state index in [4.69, 9.17) is 4.74 Å². The second-order valence-corrected chi connectivity index (χ2v) is 17.2. The first kappa shape index (κ1) is 53.9. The number of aliphatic hydroxyl groups is 2. The first-order chi connectivity index (χ1) is 27.0. The second-order valence-electron chi connectivity index (χ2n) is 17.2. The number of aliphatic hydroxyl groups excluding tert-OH is 2. The van der Waals surface area contributed by atoms with Crippen LogP contribution in [0.5, 0.6) is 0 Å². The molecule has 0 rings (SSSR count). The summed E-state index contributed by atoms with van der Waals surface area (Å²) in [5.41, 5.74) is 0. The summed E-state index contributed by atoms with van der Waals surface area (Å²) in [6.07, 6.45) is 49.2. The van der Waals surface area contributed by atoms with Crippen LogP contribution in [0.3, 0.4) is 0 Å². The molecule has 0 aromatic rings. The number of rotatable bonds is 46. The van der Waals surface area contributed by atoms with Crippen molar-refractivity contribution in [2.45, 2.75) is 289 Å². The highest BCUT2D eigenvalue weighted by atomic mass is 16.5. The molecule has 55 heavy (non-hydrogen) atoms. The SMILES string of the molecule is CCCCCCCCCCCCCCCC(=O)OCCCCCCCCCCCCCCCCCC(=O)NC(CO)C(O)CCCCCCCCCCCC. The van der Waals surface area contributed by atoms with Crippen LogP contribution in [-0.2, 0) is 14.3 Å². The topological polar surface area (TPSA) is 95.9 Å². The van der Waals surface area contributed by atoms with Crippen LogP contribution >= 0.6 is 0 Å². The van der Waals surface area contributed by atoms with E-state index in [0.717, 1.165) is 44.9 Å². The third-order valence-corrected chi connectivity index (χ3v) is 11.7. The average molecular weight is 780 g/mol. The number of nitrogens with one attached hydrogen (secondary N) is 1. The van der Waals surface area contributed by atoms with Gasteiger partial charge in [-0.05, 0) is 25.7 Å². The first-order valence-electron chi connectivity index (χ1n) is 24.8. The lowest BCUT2D eigenvalue weighted by molar-refractivity contribution is -0.143. The molecule has 1 amide bonds. The molecular formula is C49H97NO5. The highest BCUT2D eigenvalue weighted by Gasteiger charge is 2.20. The molecule has 0 bridgehead atoms. The van der Waals surface area contributed by atoms with Crippen molar-refractivity contribution < 1.29 is 24.5 Å². The summed E-state index contributed by atoms with van der Waals surface area (Å²) < 4.78 is 5.46. The van der Waals surface area contributed by atoms with Gasteiger partial charge in [0.1, 0.15) is 0 Å². The third-order valence-electron chi connectivity index (χ3n) is 11.7. The van der Waals surface area contributed by atoms with Gasteiger partial charge in [-0.1, -0.05) is 239 Å². The predicted molar refractivity (Wildman–Crippen MR) is 237 cm³/mol. The molecule has 2 unspecified atom stereocenters. The van der Waals surface area contributed by atoms with Gasteiger partial charge < -0.3 is 20.3 Å². The summed E-state index contributed by atoms with van der Waals surface area (Å²) >= 11 is 0. The van der Waals surface area contributed by atoms with E-state index in [1.54, 1.807) is 0 Å². The van der Waals surface area contributed by atoms with E-state index in [1.807, 2.05) is 0 Å². The van der Waals surface area contributed by atoms with E-state index in [1.165, 1.54) is 199 Å². The Kier molecular flexibility index (Phi) is 44.6. The Morgan fingerprint density at radius 1 is 0.436 bits per heavy atom. The van der Waals surface area contributed by atoms with Gasteiger partial charge in [0.15, 0.2) is 0 Å². The summed E-state index contributed by atoms with van der Waals surface area (Å²) in [7, 11) is 0. The fourth-order valence-corrected chi connectivity index (χ4v) is 7.82. The molecule has 0 spiro atoms. The molecule has 0 aromatic heterocycles. The van der Waals surface area contributed by atoms with Gasteiger partial charge in [0, 0.05) is 12.8 Å².